The summed E-state index contributed by atoms with van der Waals surface area (Å²) in [4.78, 5) is 33.9. The average molecular weight is 448 g/mol. The topological polar surface area (TPSA) is 79.2 Å². The molecule has 1 aliphatic heterocycles. The summed E-state index contributed by atoms with van der Waals surface area (Å²) in [6.45, 7) is 6.94. The molecule has 3 aromatic rings. The fourth-order valence-electron chi connectivity index (χ4n) is 3.42. The van der Waals surface area contributed by atoms with Crippen LogP contribution in [0.2, 0.25) is 5.15 Å². The summed E-state index contributed by atoms with van der Waals surface area (Å²) in [6, 6.07) is 7.68. The lowest BCUT2D eigenvalue weighted by molar-refractivity contribution is -0.119. The molecule has 1 N–H and O–H groups in total. The maximum Gasteiger partial charge on any atom is 0.359 e. The average Bonchev–Trinajstić information content (AvgIpc) is 3.32. The van der Waals surface area contributed by atoms with E-state index in [0.29, 0.717) is 10.6 Å². The van der Waals surface area contributed by atoms with Crippen molar-refractivity contribution in [2.24, 2.45) is 0 Å². The number of amides is 1. The van der Waals surface area contributed by atoms with Crippen LogP contribution in [-0.4, -0.2) is 65.5 Å². The lowest BCUT2D eigenvalue weighted by Crippen LogP contribution is -2.46. The Bertz CT molecular complexity index is 1040. The van der Waals surface area contributed by atoms with Crippen LogP contribution in [0.4, 0.5) is 11.4 Å². The molecule has 0 radical (unpaired) electrons. The number of nitrogens with one attached hydrogen (secondary N) is 1. The first-order chi connectivity index (χ1) is 14.5. The first kappa shape index (κ1) is 20.6. The number of carbonyl (C=O) groups is 2. The van der Waals surface area contributed by atoms with E-state index in [0.717, 1.165) is 38.4 Å². The lowest BCUT2D eigenvalue weighted by Gasteiger charge is -2.35. The predicted molar refractivity (Wildman–Crippen MR) is 118 cm³/mol. The van der Waals surface area contributed by atoms with E-state index in [1.807, 2.05) is 24.3 Å². The number of imidazole rings is 1. The van der Waals surface area contributed by atoms with Gasteiger partial charge in [-0.25, -0.2) is 9.78 Å². The molecule has 2 aromatic heterocycles. The van der Waals surface area contributed by atoms with E-state index in [1.54, 1.807) is 16.0 Å². The fourth-order valence-corrected chi connectivity index (χ4v) is 4.43. The molecule has 158 valence electrons. The normalized spacial score (nSPS) is 14.8. The number of likely N-dealkylation sites (N-methyl/N-ethyl adjacent to an activating group) is 1. The lowest BCUT2D eigenvalue weighted by atomic mass is 10.2. The number of piperazine rings is 1. The molecule has 0 saturated carbocycles. The molecule has 1 saturated heterocycles. The first-order valence-corrected chi connectivity index (χ1v) is 11.0. The van der Waals surface area contributed by atoms with Crippen LogP contribution in [0.1, 0.15) is 17.4 Å². The van der Waals surface area contributed by atoms with Crippen LogP contribution in [-0.2, 0) is 9.53 Å². The maximum atomic E-state index is 12.3. The number of benzene rings is 1. The molecule has 1 fully saturated rings. The van der Waals surface area contributed by atoms with Gasteiger partial charge in [0.05, 0.1) is 0 Å². The van der Waals surface area contributed by atoms with Crippen molar-refractivity contribution in [3.63, 3.8) is 0 Å². The number of ether oxygens (including phenoxy) is 1. The van der Waals surface area contributed by atoms with Crippen molar-refractivity contribution in [2.75, 3.05) is 49.5 Å². The maximum absolute atomic E-state index is 12.3. The molecule has 0 atom stereocenters. The van der Waals surface area contributed by atoms with Crippen LogP contribution in [0.25, 0.3) is 4.96 Å². The van der Waals surface area contributed by atoms with Crippen LogP contribution in [0.15, 0.2) is 35.8 Å². The third kappa shape index (κ3) is 4.43. The Hall–Kier alpha value is -2.62. The summed E-state index contributed by atoms with van der Waals surface area (Å²) >= 11 is 7.36. The van der Waals surface area contributed by atoms with Gasteiger partial charge in [-0.1, -0.05) is 18.5 Å². The van der Waals surface area contributed by atoms with Gasteiger partial charge in [-0.05, 0) is 30.8 Å². The minimum absolute atomic E-state index is 0.0580. The second-order valence-corrected chi connectivity index (χ2v) is 8.13. The Labute approximate surface area is 183 Å². The van der Waals surface area contributed by atoms with Gasteiger partial charge >= 0.3 is 5.97 Å². The van der Waals surface area contributed by atoms with E-state index in [2.05, 4.69) is 27.0 Å². The molecule has 1 aliphatic rings. The first-order valence-electron chi connectivity index (χ1n) is 9.70. The van der Waals surface area contributed by atoms with Gasteiger partial charge in [0, 0.05) is 49.1 Å². The Morgan fingerprint density at radius 3 is 2.63 bits per heavy atom. The highest BCUT2D eigenvalue weighted by atomic mass is 35.5. The van der Waals surface area contributed by atoms with Gasteiger partial charge in [0.2, 0.25) is 0 Å². The molecular formula is C20H22ClN5O3S. The molecule has 3 heterocycles. The Balaban J connectivity index is 1.29. The van der Waals surface area contributed by atoms with Gasteiger partial charge in [-0.15, -0.1) is 11.3 Å². The van der Waals surface area contributed by atoms with E-state index in [4.69, 9.17) is 16.3 Å². The van der Waals surface area contributed by atoms with E-state index in [9.17, 15) is 9.59 Å². The SMILES string of the molecule is CCN1CCN(c2ccc(NC(=O)COC(=O)c3c(Cl)nc4sccn34)cc2)CC1. The van der Waals surface area contributed by atoms with Crippen molar-refractivity contribution in [1.29, 1.82) is 0 Å². The fraction of sp³-hybridized carbons (Fsp3) is 0.350. The number of carbonyl (C=O) groups excluding carboxylic acids is 2. The summed E-state index contributed by atoms with van der Waals surface area (Å²) in [5, 5.41) is 4.58. The molecule has 0 aliphatic carbocycles. The second kappa shape index (κ2) is 9.03. The third-order valence-electron chi connectivity index (χ3n) is 5.08. The van der Waals surface area contributed by atoms with E-state index >= 15 is 0 Å². The highest BCUT2D eigenvalue weighted by Gasteiger charge is 2.21. The van der Waals surface area contributed by atoms with Crippen molar-refractivity contribution < 1.29 is 14.3 Å². The molecule has 0 spiro atoms. The van der Waals surface area contributed by atoms with Gasteiger partial charge in [0.25, 0.3) is 5.91 Å². The van der Waals surface area contributed by atoms with E-state index < -0.39 is 18.5 Å². The number of aromatic nitrogens is 2. The Morgan fingerprint density at radius 2 is 1.93 bits per heavy atom. The predicted octanol–water partition coefficient (Wildman–Crippen LogP) is 2.99. The molecule has 10 heteroatoms. The highest BCUT2D eigenvalue weighted by molar-refractivity contribution is 7.15. The standard InChI is InChI=1S/C20H22ClN5O3S/c1-2-24-7-9-25(10-8-24)15-5-3-14(4-6-15)22-16(27)13-29-19(28)17-18(21)23-20-26(17)11-12-30-20/h3-6,11-12H,2,7-10,13H2,1H3,(H,22,27). The quantitative estimate of drug-likeness (QED) is 0.585. The molecule has 1 amide bonds. The van der Waals surface area contributed by atoms with Crippen molar-refractivity contribution in [1.82, 2.24) is 14.3 Å². The summed E-state index contributed by atoms with van der Waals surface area (Å²) in [7, 11) is 0. The minimum Gasteiger partial charge on any atom is -0.451 e. The number of halogens is 1. The number of thiazole rings is 1. The van der Waals surface area contributed by atoms with Crippen LogP contribution in [0.3, 0.4) is 0 Å². The van der Waals surface area contributed by atoms with Crippen LogP contribution in [0, 0.1) is 0 Å². The minimum atomic E-state index is -0.692. The molecule has 8 nitrogen and oxygen atoms in total. The number of rotatable bonds is 6. The van der Waals surface area contributed by atoms with Gasteiger partial charge in [0.15, 0.2) is 22.4 Å². The number of anilines is 2. The number of hydrogen-bond donors (Lipinski definition) is 1. The zero-order chi connectivity index (χ0) is 21.1. The summed E-state index contributed by atoms with van der Waals surface area (Å²) in [6.07, 6.45) is 1.68. The van der Waals surface area contributed by atoms with Crippen LogP contribution in [0.5, 0.6) is 0 Å². The van der Waals surface area contributed by atoms with Gasteiger partial charge < -0.3 is 19.9 Å². The van der Waals surface area contributed by atoms with Crippen molar-refractivity contribution in [3.05, 3.63) is 46.7 Å². The van der Waals surface area contributed by atoms with Crippen LogP contribution >= 0.6 is 22.9 Å². The molecule has 0 bridgehead atoms. The Morgan fingerprint density at radius 1 is 1.20 bits per heavy atom. The zero-order valence-corrected chi connectivity index (χ0v) is 18.1. The highest BCUT2D eigenvalue weighted by Crippen LogP contribution is 2.22. The van der Waals surface area contributed by atoms with Gasteiger partial charge in [0.1, 0.15) is 0 Å². The molecule has 0 unspecified atom stereocenters. The number of nitrogens with zero attached hydrogens (tertiary/aromatic N) is 4. The van der Waals surface area contributed by atoms with Crippen molar-refractivity contribution in [3.8, 4) is 0 Å². The van der Waals surface area contributed by atoms with Crippen molar-refractivity contribution >= 4 is 51.1 Å². The monoisotopic (exact) mass is 447 g/mol. The van der Waals surface area contributed by atoms with Gasteiger partial charge in [-0.2, -0.15) is 0 Å². The Kier molecular flexibility index (Phi) is 6.21. The summed E-state index contributed by atoms with van der Waals surface area (Å²) in [5.74, 6) is -1.11. The van der Waals surface area contributed by atoms with Crippen LogP contribution < -0.4 is 10.2 Å². The largest absolute Gasteiger partial charge is 0.451 e. The van der Waals surface area contributed by atoms with E-state index in [1.165, 1.54) is 11.3 Å². The summed E-state index contributed by atoms with van der Waals surface area (Å²) < 4.78 is 6.66. The smallest absolute Gasteiger partial charge is 0.359 e. The number of esters is 1. The summed E-state index contributed by atoms with van der Waals surface area (Å²) in [5.41, 5.74) is 1.90. The molecule has 4 rings (SSSR count). The number of fused-ring (bicyclic) bond motifs is 1. The molecule has 1 aromatic carbocycles. The molecular weight excluding hydrogens is 426 g/mol. The second-order valence-electron chi connectivity index (χ2n) is 6.90. The zero-order valence-electron chi connectivity index (χ0n) is 16.5. The van der Waals surface area contributed by atoms with Gasteiger partial charge in [-0.3, -0.25) is 9.20 Å². The third-order valence-corrected chi connectivity index (χ3v) is 6.10. The van der Waals surface area contributed by atoms with E-state index in [-0.39, 0.29) is 10.8 Å². The number of hydrogen-bond acceptors (Lipinski definition) is 7. The van der Waals surface area contributed by atoms with Crippen molar-refractivity contribution in [2.45, 2.75) is 6.92 Å². The molecule has 30 heavy (non-hydrogen) atoms.